The van der Waals surface area contributed by atoms with Gasteiger partial charge in [-0.25, -0.2) is 0 Å². The molecule has 0 saturated carbocycles. The smallest absolute Gasteiger partial charge is 0.123 e. The van der Waals surface area contributed by atoms with Crippen molar-refractivity contribution < 1.29 is 14.2 Å². The first kappa shape index (κ1) is 16.8. The van der Waals surface area contributed by atoms with Gasteiger partial charge in [-0.3, -0.25) is 0 Å². The van der Waals surface area contributed by atoms with Gasteiger partial charge in [-0.15, -0.1) is 0 Å². The third kappa shape index (κ3) is 5.39. The number of methoxy groups -OCH3 is 2. The molecule has 0 aliphatic heterocycles. The fourth-order valence-electron chi connectivity index (χ4n) is 2.00. The molecule has 0 aromatic heterocycles. The first-order valence-electron chi connectivity index (χ1n) is 7.15. The molecule has 1 aromatic rings. The van der Waals surface area contributed by atoms with E-state index < -0.39 is 0 Å². The maximum atomic E-state index is 5.53. The predicted molar refractivity (Wildman–Crippen MR) is 81.7 cm³/mol. The van der Waals surface area contributed by atoms with Crippen molar-refractivity contribution in [1.82, 2.24) is 5.32 Å². The van der Waals surface area contributed by atoms with Crippen molar-refractivity contribution in [2.75, 3.05) is 27.4 Å². The van der Waals surface area contributed by atoms with Crippen LogP contribution in [0.1, 0.15) is 38.8 Å². The average Bonchev–Trinajstić information content (AvgIpc) is 2.45. The lowest BCUT2D eigenvalue weighted by Crippen LogP contribution is -2.22. The minimum atomic E-state index is 0.207. The molecule has 4 heteroatoms. The van der Waals surface area contributed by atoms with E-state index >= 15 is 0 Å². The molecular formula is C16H27NO3. The number of nitrogens with one attached hydrogen (secondary N) is 1. The normalized spacial score (nSPS) is 12.5. The number of benzene rings is 1. The molecule has 0 saturated heterocycles. The second-order valence-electron chi connectivity index (χ2n) is 5.06. The highest BCUT2D eigenvalue weighted by Gasteiger charge is 2.12. The molecule has 0 heterocycles. The van der Waals surface area contributed by atoms with Crippen LogP contribution in [0.2, 0.25) is 0 Å². The fraction of sp³-hybridized carbons (Fsp3) is 0.625. The first-order chi connectivity index (χ1) is 9.58. The van der Waals surface area contributed by atoms with E-state index in [1.165, 1.54) is 0 Å². The molecule has 1 unspecified atom stereocenters. The van der Waals surface area contributed by atoms with Gasteiger partial charge in [0, 0.05) is 18.2 Å². The number of rotatable bonds is 9. The number of ether oxygens (including phenoxy) is 3. The Bertz CT molecular complexity index is 393. The molecule has 0 amide bonds. The van der Waals surface area contributed by atoms with E-state index in [9.17, 15) is 0 Å². The zero-order valence-electron chi connectivity index (χ0n) is 13.2. The van der Waals surface area contributed by atoms with Crippen LogP contribution in [0.3, 0.4) is 0 Å². The molecule has 0 aliphatic rings. The van der Waals surface area contributed by atoms with Gasteiger partial charge in [0.1, 0.15) is 11.5 Å². The van der Waals surface area contributed by atoms with Crippen LogP contribution in [0, 0.1) is 0 Å². The fourth-order valence-corrected chi connectivity index (χ4v) is 2.00. The van der Waals surface area contributed by atoms with Gasteiger partial charge in [-0.1, -0.05) is 0 Å². The second-order valence-corrected chi connectivity index (χ2v) is 5.06. The molecule has 4 nitrogen and oxygen atoms in total. The second kappa shape index (κ2) is 8.82. The van der Waals surface area contributed by atoms with E-state index in [0.29, 0.717) is 6.10 Å². The van der Waals surface area contributed by atoms with Gasteiger partial charge in [-0.05, 0) is 51.9 Å². The Morgan fingerprint density at radius 1 is 1.10 bits per heavy atom. The number of hydrogen-bond donors (Lipinski definition) is 1. The van der Waals surface area contributed by atoms with Crippen molar-refractivity contribution in [3.8, 4) is 11.5 Å². The maximum absolute atomic E-state index is 5.53. The van der Waals surface area contributed by atoms with Crippen LogP contribution in [-0.4, -0.2) is 33.5 Å². The lowest BCUT2D eigenvalue weighted by molar-refractivity contribution is 0.0767. The molecule has 1 atom stereocenters. The molecule has 0 fully saturated rings. The summed E-state index contributed by atoms with van der Waals surface area (Å²) in [5.41, 5.74) is 1.11. The predicted octanol–water partition coefficient (Wildman–Crippen LogP) is 3.17. The molecule has 0 radical (unpaired) electrons. The van der Waals surface area contributed by atoms with Gasteiger partial charge < -0.3 is 19.5 Å². The third-order valence-corrected chi connectivity index (χ3v) is 3.13. The Kier molecular flexibility index (Phi) is 7.41. The Morgan fingerprint density at radius 3 is 2.45 bits per heavy atom. The van der Waals surface area contributed by atoms with Gasteiger partial charge in [0.25, 0.3) is 0 Å². The van der Waals surface area contributed by atoms with Crippen LogP contribution < -0.4 is 14.8 Å². The van der Waals surface area contributed by atoms with Crippen LogP contribution >= 0.6 is 0 Å². The van der Waals surface area contributed by atoms with E-state index in [4.69, 9.17) is 14.2 Å². The largest absolute Gasteiger partial charge is 0.497 e. The lowest BCUT2D eigenvalue weighted by Gasteiger charge is -2.18. The molecule has 0 bridgehead atoms. The van der Waals surface area contributed by atoms with E-state index in [-0.39, 0.29) is 6.04 Å². The van der Waals surface area contributed by atoms with E-state index in [0.717, 1.165) is 36.6 Å². The van der Waals surface area contributed by atoms with Crippen molar-refractivity contribution in [2.45, 2.75) is 39.3 Å². The third-order valence-electron chi connectivity index (χ3n) is 3.13. The standard InChI is InChI=1S/C16H27NO3/c1-12(2)20-10-6-9-17-13(3)15-11-14(18-4)7-8-16(15)19-5/h7-8,11-13,17H,6,9-10H2,1-5H3. The van der Waals surface area contributed by atoms with E-state index in [2.05, 4.69) is 26.1 Å². The zero-order chi connectivity index (χ0) is 15.0. The molecule has 1 aromatic carbocycles. The quantitative estimate of drug-likeness (QED) is 0.706. The molecule has 20 heavy (non-hydrogen) atoms. The highest BCUT2D eigenvalue weighted by atomic mass is 16.5. The Hall–Kier alpha value is -1.26. The summed E-state index contributed by atoms with van der Waals surface area (Å²) in [4.78, 5) is 0. The summed E-state index contributed by atoms with van der Waals surface area (Å²) in [5, 5.41) is 3.48. The molecular weight excluding hydrogens is 254 g/mol. The lowest BCUT2D eigenvalue weighted by atomic mass is 10.1. The van der Waals surface area contributed by atoms with Crippen LogP contribution in [0.25, 0.3) is 0 Å². The van der Waals surface area contributed by atoms with Crippen LogP contribution in [0.15, 0.2) is 18.2 Å². The van der Waals surface area contributed by atoms with Gasteiger partial charge in [0.15, 0.2) is 0 Å². The monoisotopic (exact) mass is 281 g/mol. The Morgan fingerprint density at radius 2 is 1.85 bits per heavy atom. The maximum Gasteiger partial charge on any atom is 0.123 e. The summed E-state index contributed by atoms with van der Waals surface area (Å²) >= 11 is 0. The first-order valence-corrected chi connectivity index (χ1v) is 7.15. The van der Waals surface area contributed by atoms with E-state index in [1.54, 1.807) is 14.2 Å². The highest BCUT2D eigenvalue weighted by Crippen LogP contribution is 2.29. The van der Waals surface area contributed by atoms with Gasteiger partial charge in [-0.2, -0.15) is 0 Å². The molecule has 0 spiro atoms. The highest BCUT2D eigenvalue weighted by molar-refractivity contribution is 5.42. The zero-order valence-corrected chi connectivity index (χ0v) is 13.2. The summed E-state index contributed by atoms with van der Waals surface area (Å²) in [6.45, 7) is 7.93. The van der Waals surface area contributed by atoms with Crippen molar-refractivity contribution in [3.63, 3.8) is 0 Å². The minimum Gasteiger partial charge on any atom is -0.497 e. The van der Waals surface area contributed by atoms with Gasteiger partial charge in [0.05, 0.1) is 20.3 Å². The van der Waals surface area contributed by atoms with Crippen LogP contribution in [-0.2, 0) is 4.74 Å². The summed E-state index contributed by atoms with van der Waals surface area (Å²) in [5.74, 6) is 1.72. The van der Waals surface area contributed by atoms with E-state index in [1.807, 2.05) is 18.2 Å². The summed E-state index contributed by atoms with van der Waals surface area (Å²) < 4.78 is 16.2. The average molecular weight is 281 g/mol. The van der Waals surface area contributed by atoms with Crippen molar-refractivity contribution in [1.29, 1.82) is 0 Å². The van der Waals surface area contributed by atoms with Crippen LogP contribution in [0.5, 0.6) is 11.5 Å². The van der Waals surface area contributed by atoms with Crippen molar-refractivity contribution >= 4 is 0 Å². The molecule has 114 valence electrons. The van der Waals surface area contributed by atoms with Gasteiger partial charge >= 0.3 is 0 Å². The van der Waals surface area contributed by atoms with Crippen molar-refractivity contribution in [2.24, 2.45) is 0 Å². The summed E-state index contributed by atoms with van der Waals surface area (Å²) in [7, 11) is 3.36. The number of hydrogen-bond acceptors (Lipinski definition) is 4. The minimum absolute atomic E-state index is 0.207. The van der Waals surface area contributed by atoms with Gasteiger partial charge in [0.2, 0.25) is 0 Å². The molecule has 1 rings (SSSR count). The van der Waals surface area contributed by atoms with Crippen LogP contribution in [0.4, 0.5) is 0 Å². The Labute approximate surface area is 122 Å². The Balaban J connectivity index is 2.51. The SMILES string of the molecule is COc1ccc(OC)c(C(C)NCCCOC(C)C)c1. The topological polar surface area (TPSA) is 39.7 Å². The summed E-state index contributed by atoms with van der Waals surface area (Å²) in [6.07, 6.45) is 1.29. The summed E-state index contributed by atoms with van der Waals surface area (Å²) in [6, 6.07) is 6.07. The molecule has 1 N–H and O–H groups in total. The van der Waals surface area contributed by atoms with Crippen molar-refractivity contribution in [3.05, 3.63) is 23.8 Å². The molecule has 0 aliphatic carbocycles.